The van der Waals surface area contributed by atoms with E-state index in [-0.39, 0.29) is 0 Å². The summed E-state index contributed by atoms with van der Waals surface area (Å²) in [7, 11) is 0. The van der Waals surface area contributed by atoms with E-state index in [9.17, 15) is 5.11 Å². The highest BCUT2D eigenvalue weighted by molar-refractivity contribution is 4.86. The van der Waals surface area contributed by atoms with E-state index in [1.165, 1.54) is 6.42 Å². The number of aliphatic hydroxyl groups is 1. The summed E-state index contributed by atoms with van der Waals surface area (Å²) in [6, 6.07) is 0.621. The number of hydrogen-bond acceptors (Lipinski definition) is 3. The first-order valence-electron chi connectivity index (χ1n) is 5.22. The topological polar surface area (TPSA) is 32.7 Å². The highest BCUT2D eigenvalue weighted by Gasteiger charge is 2.31. The lowest BCUT2D eigenvalue weighted by Crippen LogP contribution is -2.47. The number of likely N-dealkylation sites (tertiary alicyclic amines) is 1. The molecular weight excluding hydrogens is 166 g/mol. The first kappa shape index (κ1) is 9.44. The van der Waals surface area contributed by atoms with Crippen molar-refractivity contribution in [2.75, 3.05) is 26.3 Å². The van der Waals surface area contributed by atoms with Gasteiger partial charge in [0.05, 0.1) is 12.2 Å². The third kappa shape index (κ3) is 2.22. The highest BCUT2D eigenvalue weighted by atomic mass is 16.5. The molecule has 3 nitrogen and oxygen atoms in total. The summed E-state index contributed by atoms with van der Waals surface area (Å²) in [6.07, 6.45) is 2.98. The van der Waals surface area contributed by atoms with E-state index in [4.69, 9.17) is 4.74 Å². The van der Waals surface area contributed by atoms with Crippen LogP contribution in [0.3, 0.4) is 0 Å². The molecule has 0 spiro atoms. The minimum Gasteiger partial charge on any atom is -0.390 e. The van der Waals surface area contributed by atoms with Crippen molar-refractivity contribution in [3.05, 3.63) is 0 Å². The van der Waals surface area contributed by atoms with Gasteiger partial charge >= 0.3 is 0 Å². The van der Waals surface area contributed by atoms with Crippen molar-refractivity contribution < 1.29 is 9.84 Å². The molecule has 3 heteroatoms. The molecule has 2 aliphatic heterocycles. The normalized spacial score (nSPS) is 35.1. The maximum Gasteiger partial charge on any atom is 0.0644 e. The number of hydrogen-bond donors (Lipinski definition) is 1. The van der Waals surface area contributed by atoms with Crippen LogP contribution in [0.15, 0.2) is 0 Å². The van der Waals surface area contributed by atoms with Gasteiger partial charge in [-0.15, -0.1) is 0 Å². The fourth-order valence-electron chi connectivity index (χ4n) is 2.18. The summed E-state index contributed by atoms with van der Waals surface area (Å²) < 4.78 is 5.36. The Hall–Kier alpha value is -0.120. The van der Waals surface area contributed by atoms with Gasteiger partial charge in [0.15, 0.2) is 0 Å². The lowest BCUT2D eigenvalue weighted by Gasteiger charge is -2.38. The maximum absolute atomic E-state index is 9.78. The predicted molar refractivity (Wildman–Crippen MR) is 50.7 cm³/mol. The average Bonchev–Trinajstić information content (AvgIpc) is 2.56. The van der Waals surface area contributed by atoms with E-state index in [0.29, 0.717) is 6.04 Å². The summed E-state index contributed by atoms with van der Waals surface area (Å²) in [4.78, 5) is 2.46. The van der Waals surface area contributed by atoms with Crippen LogP contribution in [0.2, 0.25) is 0 Å². The van der Waals surface area contributed by atoms with Crippen molar-refractivity contribution in [3.8, 4) is 0 Å². The molecule has 2 heterocycles. The molecule has 0 radical (unpaired) electrons. The molecule has 2 aliphatic rings. The van der Waals surface area contributed by atoms with Crippen LogP contribution < -0.4 is 0 Å². The Morgan fingerprint density at radius 3 is 2.62 bits per heavy atom. The average molecular weight is 185 g/mol. The summed E-state index contributed by atoms with van der Waals surface area (Å²) in [6.45, 7) is 5.80. The quantitative estimate of drug-likeness (QED) is 0.650. The summed E-state index contributed by atoms with van der Waals surface area (Å²) >= 11 is 0. The molecule has 0 amide bonds. The fraction of sp³-hybridized carbons (Fsp3) is 1.00. The summed E-state index contributed by atoms with van der Waals surface area (Å²) in [5.74, 6) is 0. The first-order chi connectivity index (χ1) is 6.17. The highest BCUT2D eigenvalue weighted by Crippen LogP contribution is 2.24. The third-order valence-electron chi connectivity index (χ3n) is 3.30. The standard InChI is InChI=1S/C10H19NO2/c1-10(12)3-5-11(6-4-10)9-2-7-13-8-9/h9,12H,2-8H2,1H3. The second kappa shape index (κ2) is 3.56. The Morgan fingerprint density at radius 1 is 1.38 bits per heavy atom. The van der Waals surface area contributed by atoms with Crippen LogP contribution in [0, 0.1) is 0 Å². The molecule has 0 saturated carbocycles. The van der Waals surface area contributed by atoms with Crippen LogP contribution in [-0.2, 0) is 4.74 Å². The molecule has 76 valence electrons. The molecule has 2 fully saturated rings. The Kier molecular flexibility index (Phi) is 2.58. The van der Waals surface area contributed by atoms with Crippen molar-refractivity contribution >= 4 is 0 Å². The molecule has 1 atom stereocenters. The van der Waals surface area contributed by atoms with Crippen LogP contribution in [-0.4, -0.2) is 48.0 Å². The number of piperidine rings is 1. The fourth-order valence-corrected chi connectivity index (χ4v) is 2.18. The molecule has 0 aromatic heterocycles. The van der Waals surface area contributed by atoms with Gasteiger partial charge in [0, 0.05) is 25.7 Å². The summed E-state index contributed by atoms with van der Waals surface area (Å²) in [5, 5.41) is 9.78. The van der Waals surface area contributed by atoms with Gasteiger partial charge in [-0.1, -0.05) is 0 Å². The molecule has 0 aliphatic carbocycles. The molecule has 0 bridgehead atoms. The molecule has 2 saturated heterocycles. The molecule has 0 aromatic rings. The number of nitrogens with zero attached hydrogens (tertiary/aromatic N) is 1. The van der Waals surface area contributed by atoms with Crippen LogP contribution in [0.1, 0.15) is 26.2 Å². The van der Waals surface area contributed by atoms with Gasteiger partial charge < -0.3 is 9.84 Å². The zero-order valence-corrected chi connectivity index (χ0v) is 8.33. The van der Waals surface area contributed by atoms with E-state index in [2.05, 4.69) is 4.90 Å². The predicted octanol–water partition coefficient (Wildman–Crippen LogP) is 0.622. The van der Waals surface area contributed by atoms with E-state index < -0.39 is 5.60 Å². The second-order valence-electron chi connectivity index (χ2n) is 4.55. The van der Waals surface area contributed by atoms with Gasteiger partial charge in [-0.3, -0.25) is 4.90 Å². The van der Waals surface area contributed by atoms with Crippen molar-refractivity contribution in [3.63, 3.8) is 0 Å². The molecule has 1 N–H and O–H groups in total. The molecular formula is C10H19NO2. The minimum absolute atomic E-state index is 0.421. The molecule has 13 heavy (non-hydrogen) atoms. The van der Waals surface area contributed by atoms with Gasteiger partial charge in [0.25, 0.3) is 0 Å². The van der Waals surface area contributed by atoms with Crippen molar-refractivity contribution in [1.29, 1.82) is 0 Å². The van der Waals surface area contributed by atoms with Crippen LogP contribution >= 0.6 is 0 Å². The van der Waals surface area contributed by atoms with Gasteiger partial charge in [0.2, 0.25) is 0 Å². The maximum atomic E-state index is 9.78. The van der Waals surface area contributed by atoms with Crippen LogP contribution in [0.25, 0.3) is 0 Å². The van der Waals surface area contributed by atoms with Crippen molar-refractivity contribution in [2.45, 2.75) is 37.8 Å². The SMILES string of the molecule is CC1(O)CCN(C2CCOC2)CC1. The van der Waals surface area contributed by atoms with Crippen LogP contribution in [0.5, 0.6) is 0 Å². The molecule has 2 rings (SSSR count). The third-order valence-corrected chi connectivity index (χ3v) is 3.30. The Bertz CT molecular complexity index is 166. The minimum atomic E-state index is -0.421. The molecule has 1 unspecified atom stereocenters. The van der Waals surface area contributed by atoms with Crippen LogP contribution in [0.4, 0.5) is 0 Å². The first-order valence-corrected chi connectivity index (χ1v) is 5.22. The van der Waals surface area contributed by atoms with Gasteiger partial charge in [-0.2, -0.15) is 0 Å². The summed E-state index contributed by atoms with van der Waals surface area (Å²) in [5.41, 5.74) is -0.421. The van der Waals surface area contributed by atoms with Gasteiger partial charge in [0.1, 0.15) is 0 Å². The Labute approximate surface area is 79.7 Å². The zero-order chi connectivity index (χ0) is 9.31. The second-order valence-corrected chi connectivity index (χ2v) is 4.55. The number of rotatable bonds is 1. The lowest BCUT2D eigenvalue weighted by molar-refractivity contribution is -0.0174. The van der Waals surface area contributed by atoms with E-state index in [0.717, 1.165) is 39.1 Å². The smallest absolute Gasteiger partial charge is 0.0644 e. The Balaban J connectivity index is 1.83. The largest absolute Gasteiger partial charge is 0.390 e. The van der Waals surface area contributed by atoms with E-state index in [1.807, 2.05) is 6.92 Å². The molecule has 0 aromatic carbocycles. The van der Waals surface area contributed by atoms with E-state index in [1.54, 1.807) is 0 Å². The monoisotopic (exact) mass is 185 g/mol. The van der Waals surface area contributed by atoms with Gasteiger partial charge in [-0.05, 0) is 26.2 Å². The van der Waals surface area contributed by atoms with Gasteiger partial charge in [-0.25, -0.2) is 0 Å². The van der Waals surface area contributed by atoms with E-state index >= 15 is 0 Å². The van der Waals surface area contributed by atoms with Crippen molar-refractivity contribution in [2.24, 2.45) is 0 Å². The van der Waals surface area contributed by atoms with Crippen molar-refractivity contribution in [1.82, 2.24) is 4.90 Å². The number of ether oxygens (including phenoxy) is 1. The lowest BCUT2D eigenvalue weighted by atomic mass is 9.93. The zero-order valence-electron chi connectivity index (χ0n) is 8.33. The Morgan fingerprint density at radius 2 is 2.08 bits per heavy atom.